The second kappa shape index (κ2) is 3.04. The SMILES string of the molecule is CC#CNC(=O)O. The van der Waals surface area contributed by atoms with Crippen molar-refractivity contribution in [1.29, 1.82) is 0 Å². The normalized spacial score (nSPS) is 5.86. The molecule has 0 aliphatic rings. The summed E-state index contributed by atoms with van der Waals surface area (Å²) in [6, 6.07) is 2.15. The minimum Gasteiger partial charge on any atom is -0.464 e. The first-order valence-electron chi connectivity index (χ1n) is 1.68. The number of rotatable bonds is 0. The first-order chi connectivity index (χ1) is 3.27. The van der Waals surface area contributed by atoms with Crippen molar-refractivity contribution in [1.82, 2.24) is 5.32 Å². The van der Waals surface area contributed by atoms with Crippen LogP contribution in [0.1, 0.15) is 6.92 Å². The van der Waals surface area contributed by atoms with Crippen LogP contribution in [0.4, 0.5) is 4.79 Å². The molecule has 0 saturated heterocycles. The molecule has 0 atom stereocenters. The van der Waals surface area contributed by atoms with Crippen LogP contribution in [0.3, 0.4) is 0 Å². The average Bonchev–Trinajstić information content (AvgIpc) is 1.61. The molecule has 0 aliphatic carbocycles. The van der Waals surface area contributed by atoms with E-state index >= 15 is 0 Å². The van der Waals surface area contributed by atoms with E-state index in [9.17, 15) is 4.79 Å². The molecule has 0 heterocycles. The Morgan fingerprint density at radius 2 is 2.43 bits per heavy atom. The van der Waals surface area contributed by atoms with Crippen LogP contribution in [0.5, 0.6) is 0 Å². The number of amides is 1. The summed E-state index contributed by atoms with van der Waals surface area (Å²) in [5, 5.41) is 9.68. The van der Waals surface area contributed by atoms with Crippen LogP contribution in [0.25, 0.3) is 0 Å². The molecule has 0 unspecified atom stereocenters. The Kier molecular flexibility index (Phi) is 2.53. The van der Waals surface area contributed by atoms with Gasteiger partial charge in [0.25, 0.3) is 0 Å². The largest absolute Gasteiger partial charge is 0.464 e. The van der Waals surface area contributed by atoms with Crippen molar-refractivity contribution in [3.63, 3.8) is 0 Å². The van der Waals surface area contributed by atoms with Crippen LogP contribution < -0.4 is 5.32 Å². The summed E-state index contributed by atoms with van der Waals surface area (Å²) in [6.45, 7) is 1.55. The fourth-order valence-electron chi connectivity index (χ4n) is 0.116. The van der Waals surface area contributed by atoms with E-state index in [2.05, 4.69) is 12.0 Å². The summed E-state index contributed by atoms with van der Waals surface area (Å²) in [6.07, 6.45) is -1.12. The predicted molar refractivity (Wildman–Crippen MR) is 24.6 cm³/mol. The van der Waals surface area contributed by atoms with Gasteiger partial charge in [0.1, 0.15) is 0 Å². The third-order valence-corrected chi connectivity index (χ3v) is 0.294. The number of carboxylic acid groups (broad SMARTS) is 1. The second-order valence-corrected chi connectivity index (χ2v) is 0.805. The molecule has 0 aliphatic heterocycles. The molecule has 2 N–H and O–H groups in total. The molecule has 0 radical (unpaired) electrons. The summed E-state index contributed by atoms with van der Waals surface area (Å²) >= 11 is 0. The van der Waals surface area contributed by atoms with E-state index in [4.69, 9.17) is 5.11 Å². The highest BCUT2D eigenvalue weighted by atomic mass is 16.4. The van der Waals surface area contributed by atoms with E-state index in [1.54, 1.807) is 6.92 Å². The van der Waals surface area contributed by atoms with Crippen molar-refractivity contribution in [2.24, 2.45) is 0 Å². The van der Waals surface area contributed by atoms with Gasteiger partial charge in [-0.25, -0.2) is 10.1 Å². The molecule has 3 nitrogen and oxygen atoms in total. The van der Waals surface area contributed by atoms with Crippen molar-refractivity contribution < 1.29 is 9.90 Å². The zero-order valence-corrected chi connectivity index (χ0v) is 3.86. The molecule has 7 heavy (non-hydrogen) atoms. The van der Waals surface area contributed by atoms with E-state index in [0.29, 0.717) is 0 Å². The fourth-order valence-corrected chi connectivity index (χ4v) is 0.116. The Hall–Kier alpha value is -1.17. The first-order valence-corrected chi connectivity index (χ1v) is 1.68. The van der Waals surface area contributed by atoms with Gasteiger partial charge in [0.2, 0.25) is 0 Å². The van der Waals surface area contributed by atoms with Crippen molar-refractivity contribution in [2.45, 2.75) is 6.92 Å². The van der Waals surface area contributed by atoms with Crippen LogP contribution in [0.2, 0.25) is 0 Å². The number of carbonyl (C=O) groups is 1. The van der Waals surface area contributed by atoms with E-state index in [1.807, 2.05) is 5.32 Å². The smallest absolute Gasteiger partial charge is 0.416 e. The Labute approximate surface area is 41.3 Å². The Bertz CT molecular complexity index is 119. The maximum atomic E-state index is 9.54. The highest BCUT2D eigenvalue weighted by Crippen LogP contribution is 1.52. The standard InChI is InChI=1S/C4H5NO2/c1-2-3-5-4(6)7/h5H,1H3,(H,6,7). The van der Waals surface area contributed by atoms with Gasteiger partial charge in [0.15, 0.2) is 0 Å². The lowest BCUT2D eigenvalue weighted by Crippen LogP contribution is -2.13. The molecule has 0 bridgehead atoms. The quantitative estimate of drug-likeness (QED) is 0.337. The van der Waals surface area contributed by atoms with Gasteiger partial charge < -0.3 is 5.11 Å². The maximum Gasteiger partial charge on any atom is 0.416 e. The zero-order chi connectivity index (χ0) is 5.70. The fraction of sp³-hybridized carbons (Fsp3) is 0.250. The highest BCUT2D eigenvalue weighted by Gasteiger charge is 1.81. The van der Waals surface area contributed by atoms with Crippen LogP contribution in [-0.2, 0) is 0 Å². The Morgan fingerprint density at radius 1 is 1.86 bits per heavy atom. The van der Waals surface area contributed by atoms with Gasteiger partial charge in [-0.1, -0.05) is 5.92 Å². The molecule has 1 amide bonds. The minimum absolute atomic E-state index is 1.12. The van der Waals surface area contributed by atoms with Gasteiger partial charge in [-0.3, -0.25) is 0 Å². The average molecular weight is 99.1 g/mol. The number of hydrogen-bond donors (Lipinski definition) is 2. The van der Waals surface area contributed by atoms with Crippen molar-refractivity contribution >= 4 is 6.09 Å². The molecule has 0 aromatic rings. The van der Waals surface area contributed by atoms with Gasteiger partial charge in [0.05, 0.1) is 0 Å². The Morgan fingerprint density at radius 3 is 2.57 bits per heavy atom. The lowest BCUT2D eigenvalue weighted by atomic mass is 10.8. The van der Waals surface area contributed by atoms with E-state index in [1.165, 1.54) is 0 Å². The highest BCUT2D eigenvalue weighted by molar-refractivity contribution is 5.66. The predicted octanol–water partition coefficient (Wildman–Crippen LogP) is 0.235. The lowest BCUT2D eigenvalue weighted by Gasteiger charge is -1.79. The molecule has 0 spiro atoms. The molecule has 0 aromatic carbocycles. The summed E-state index contributed by atoms with van der Waals surface area (Å²) in [5.74, 6) is 2.36. The molecular weight excluding hydrogens is 94.0 g/mol. The summed E-state index contributed by atoms with van der Waals surface area (Å²) in [7, 11) is 0. The van der Waals surface area contributed by atoms with E-state index in [0.717, 1.165) is 0 Å². The summed E-state index contributed by atoms with van der Waals surface area (Å²) in [4.78, 5) is 9.54. The second-order valence-electron chi connectivity index (χ2n) is 0.805. The minimum atomic E-state index is -1.12. The molecular formula is C4H5NO2. The third kappa shape index (κ3) is 4.83. The summed E-state index contributed by atoms with van der Waals surface area (Å²) in [5.41, 5.74) is 0. The van der Waals surface area contributed by atoms with Gasteiger partial charge in [0, 0.05) is 6.04 Å². The van der Waals surface area contributed by atoms with E-state index in [-0.39, 0.29) is 0 Å². The molecule has 0 saturated carbocycles. The topological polar surface area (TPSA) is 49.3 Å². The number of hydrogen-bond acceptors (Lipinski definition) is 1. The van der Waals surface area contributed by atoms with Gasteiger partial charge >= 0.3 is 6.09 Å². The van der Waals surface area contributed by atoms with Crippen molar-refractivity contribution in [2.75, 3.05) is 0 Å². The monoisotopic (exact) mass is 99.0 g/mol. The molecule has 38 valence electrons. The van der Waals surface area contributed by atoms with Gasteiger partial charge in [-0.15, -0.1) is 0 Å². The van der Waals surface area contributed by atoms with Gasteiger partial charge in [-0.05, 0) is 6.92 Å². The van der Waals surface area contributed by atoms with E-state index < -0.39 is 6.09 Å². The third-order valence-electron chi connectivity index (χ3n) is 0.294. The van der Waals surface area contributed by atoms with Crippen LogP contribution in [-0.4, -0.2) is 11.2 Å². The summed E-state index contributed by atoms with van der Waals surface area (Å²) < 4.78 is 0. The molecule has 3 heteroatoms. The molecule has 0 fully saturated rings. The maximum absolute atomic E-state index is 9.54. The molecule has 0 aromatic heterocycles. The van der Waals surface area contributed by atoms with Crippen LogP contribution >= 0.6 is 0 Å². The number of nitrogens with one attached hydrogen (secondary N) is 1. The first kappa shape index (κ1) is 5.83. The Balaban J connectivity index is 3.26. The van der Waals surface area contributed by atoms with Crippen LogP contribution in [0, 0.1) is 12.0 Å². The zero-order valence-electron chi connectivity index (χ0n) is 3.86. The van der Waals surface area contributed by atoms with Crippen LogP contribution in [0.15, 0.2) is 0 Å². The van der Waals surface area contributed by atoms with Crippen molar-refractivity contribution in [3.05, 3.63) is 0 Å². The molecule has 0 rings (SSSR count). The van der Waals surface area contributed by atoms with Crippen molar-refractivity contribution in [3.8, 4) is 12.0 Å². The lowest BCUT2D eigenvalue weighted by molar-refractivity contribution is 0.199. The van der Waals surface area contributed by atoms with Gasteiger partial charge in [-0.2, -0.15) is 0 Å².